The van der Waals surface area contributed by atoms with Gasteiger partial charge in [-0.25, -0.2) is 29.9 Å². The van der Waals surface area contributed by atoms with E-state index in [0.29, 0.717) is 46.4 Å². The average molecular weight is 709 g/mol. The molecule has 7 heteroatoms. The van der Waals surface area contributed by atoms with E-state index in [1.54, 1.807) is 0 Å². The maximum Gasteiger partial charge on any atom is 0.167 e. The minimum atomic E-state index is 0.510. The number of nitrogens with zero attached hydrogens (tertiary/aromatic N) is 6. The Balaban J connectivity index is 1.05. The Hall–Kier alpha value is -7.64. The van der Waals surface area contributed by atoms with Gasteiger partial charge in [0.15, 0.2) is 34.9 Å². The highest BCUT2D eigenvalue weighted by molar-refractivity contribution is 5.73. The Kier molecular flexibility index (Phi) is 9.15. The van der Waals surface area contributed by atoms with Gasteiger partial charge in [-0.3, -0.25) is 0 Å². The zero-order chi connectivity index (χ0) is 36.8. The monoisotopic (exact) mass is 708 g/mol. The van der Waals surface area contributed by atoms with E-state index in [9.17, 15) is 0 Å². The molecule has 0 spiro atoms. The van der Waals surface area contributed by atoms with Crippen molar-refractivity contribution in [2.45, 2.75) is 0 Å². The lowest BCUT2D eigenvalue weighted by molar-refractivity contribution is 0.484. The maximum absolute atomic E-state index is 6.54. The van der Waals surface area contributed by atoms with Crippen LogP contribution in [0.25, 0.3) is 79.5 Å². The Bertz CT molecular complexity index is 2630. The minimum Gasteiger partial charge on any atom is -0.457 e. The van der Waals surface area contributed by atoms with Crippen molar-refractivity contribution in [3.63, 3.8) is 0 Å². The van der Waals surface area contributed by atoms with Crippen LogP contribution in [0.2, 0.25) is 0 Å². The van der Waals surface area contributed by atoms with Gasteiger partial charge in [0.2, 0.25) is 0 Å². The van der Waals surface area contributed by atoms with Crippen LogP contribution in [-0.4, -0.2) is 29.9 Å². The highest BCUT2D eigenvalue weighted by Crippen LogP contribution is 2.35. The van der Waals surface area contributed by atoms with Gasteiger partial charge in [0.25, 0.3) is 0 Å². The molecule has 9 aromatic rings. The normalized spacial score (nSPS) is 10.9. The molecule has 0 aliphatic heterocycles. The lowest BCUT2D eigenvalue weighted by Gasteiger charge is -2.13. The van der Waals surface area contributed by atoms with Crippen LogP contribution in [0.1, 0.15) is 0 Å². The molecule has 7 aromatic carbocycles. The molecule has 0 N–H and O–H groups in total. The van der Waals surface area contributed by atoms with Crippen molar-refractivity contribution in [2.75, 3.05) is 0 Å². The van der Waals surface area contributed by atoms with E-state index >= 15 is 0 Å². The number of para-hydroxylation sites is 1. The largest absolute Gasteiger partial charge is 0.457 e. The molecule has 0 unspecified atom stereocenters. The topological polar surface area (TPSA) is 86.6 Å². The van der Waals surface area contributed by atoms with Crippen LogP contribution in [-0.2, 0) is 0 Å². The molecule has 0 bridgehead atoms. The zero-order valence-corrected chi connectivity index (χ0v) is 29.6. The predicted octanol–water partition coefficient (Wildman–Crippen LogP) is 11.5. The van der Waals surface area contributed by atoms with Crippen LogP contribution in [0, 0.1) is 0 Å². The van der Waals surface area contributed by atoms with E-state index in [0.717, 1.165) is 44.5 Å². The van der Waals surface area contributed by atoms with Crippen molar-refractivity contribution in [2.24, 2.45) is 0 Å². The molecule has 0 atom stereocenters. The molecule has 9 rings (SSSR count). The summed E-state index contributed by atoms with van der Waals surface area (Å²) in [6.07, 6.45) is 0. The summed E-state index contributed by atoms with van der Waals surface area (Å²) in [5.74, 6) is 4.71. The second-order valence-electron chi connectivity index (χ2n) is 12.8. The fraction of sp³-hybridized carbons (Fsp3) is 0. The standard InChI is InChI=1S/C48H32N6O/c1-5-15-33(16-6-1)34-25-27-38(28-26-34)47-52-45(37-21-11-4-12-22-37)53-48(54-47)41-23-13-14-24-42(41)55-40-31-29-39(30-32-40)46-50-43(35-17-7-2-8-18-35)49-44(51-46)36-19-9-3-10-20-36/h1-32H. The smallest absolute Gasteiger partial charge is 0.167 e. The quantitative estimate of drug-likeness (QED) is 0.147. The summed E-state index contributed by atoms with van der Waals surface area (Å²) in [6, 6.07) is 64.0. The second kappa shape index (κ2) is 15.1. The summed E-state index contributed by atoms with van der Waals surface area (Å²) < 4.78 is 6.54. The molecule has 7 nitrogen and oxygen atoms in total. The predicted molar refractivity (Wildman–Crippen MR) is 218 cm³/mol. The van der Waals surface area contributed by atoms with Crippen molar-refractivity contribution in [3.05, 3.63) is 194 Å². The van der Waals surface area contributed by atoms with Gasteiger partial charge in [-0.1, -0.05) is 158 Å². The summed E-state index contributed by atoms with van der Waals surface area (Å²) in [5, 5.41) is 0. The zero-order valence-electron chi connectivity index (χ0n) is 29.6. The first kappa shape index (κ1) is 33.2. The lowest BCUT2D eigenvalue weighted by Crippen LogP contribution is -2.01. The molecule has 2 heterocycles. The fourth-order valence-corrected chi connectivity index (χ4v) is 6.26. The number of hydrogen-bond acceptors (Lipinski definition) is 7. The molecule has 55 heavy (non-hydrogen) atoms. The van der Waals surface area contributed by atoms with Gasteiger partial charge in [0.05, 0.1) is 5.56 Å². The van der Waals surface area contributed by atoms with Gasteiger partial charge in [-0.2, -0.15) is 0 Å². The third-order valence-electron chi connectivity index (χ3n) is 9.09. The van der Waals surface area contributed by atoms with Crippen LogP contribution >= 0.6 is 0 Å². The molecular weight excluding hydrogens is 677 g/mol. The Morgan fingerprint density at radius 2 is 0.527 bits per heavy atom. The van der Waals surface area contributed by atoms with Crippen LogP contribution in [0.4, 0.5) is 0 Å². The van der Waals surface area contributed by atoms with Crippen LogP contribution in [0.15, 0.2) is 194 Å². The van der Waals surface area contributed by atoms with Crippen molar-refractivity contribution < 1.29 is 4.74 Å². The van der Waals surface area contributed by atoms with Gasteiger partial charge in [0, 0.05) is 27.8 Å². The molecule has 0 amide bonds. The summed E-state index contributed by atoms with van der Waals surface area (Å²) in [7, 11) is 0. The first-order chi connectivity index (χ1) is 27.2. The number of aromatic nitrogens is 6. The van der Waals surface area contributed by atoms with Gasteiger partial charge < -0.3 is 4.74 Å². The molecular formula is C48H32N6O. The third-order valence-corrected chi connectivity index (χ3v) is 9.09. The Morgan fingerprint density at radius 1 is 0.236 bits per heavy atom. The van der Waals surface area contributed by atoms with Crippen molar-refractivity contribution in [1.82, 2.24) is 29.9 Å². The molecule has 0 fully saturated rings. The third kappa shape index (κ3) is 7.36. The van der Waals surface area contributed by atoms with E-state index in [4.69, 9.17) is 34.6 Å². The Labute approximate surface area is 318 Å². The molecule has 260 valence electrons. The second-order valence-corrected chi connectivity index (χ2v) is 12.8. The minimum absolute atomic E-state index is 0.510. The highest BCUT2D eigenvalue weighted by atomic mass is 16.5. The maximum atomic E-state index is 6.54. The number of ether oxygens (including phenoxy) is 1. The van der Waals surface area contributed by atoms with Crippen molar-refractivity contribution >= 4 is 0 Å². The van der Waals surface area contributed by atoms with Crippen LogP contribution in [0.3, 0.4) is 0 Å². The van der Waals surface area contributed by atoms with E-state index < -0.39 is 0 Å². The van der Waals surface area contributed by atoms with Gasteiger partial charge in [-0.15, -0.1) is 0 Å². The van der Waals surface area contributed by atoms with Crippen LogP contribution < -0.4 is 4.74 Å². The lowest BCUT2D eigenvalue weighted by atomic mass is 10.0. The van der Waals surface area contributed by atoms with E-state index in [1.165, 1.54) is 0 Å². The van der Waals surface area contributed by atoms with Crippen molar-refractivity contribution in [1.29, 1.82) is 0 Å². The van der Waals surface area contributed by atoms with Gasteiger partial charge in [0.1, 0.15) is 11.5 Å². The molecule has 0 aliphatic rings. The van der Waals surface area contributed by atoms with Crippen molar-refractivity contribution in [3.8, 4) is 91.0 Å². The van der Waals surface area contributed by atoms with Gasteiger partial charge in [-0.05, 0) is 47.5 Å². The fourth-order valence-electron chi connectivity index (χ4n) is 6.26. The number of rotatable bonds is 9. The SMILES string of the molecule is c1ccc(-c2ccc(-c3nc(-c4ccccc4)nc(-c4ccccc4Oc4ccc(-c5nc(-c6ccccc6)nc(-c6ccccc6)n5)cc4)n3)cc2)cc1. The summed E-state index contributed by atoms with van der Waals surface area (Å²) in [4.78, 5) is 29.4. The van der Waals surface area contributed by atoms with E-state index in [2.05, 4.69) is 36.4 Å². The highest BCUT2D eigenvalue weighted by Gasteiger charge is 2.17. The number of benzene rings is 7. The molecule has 2 aromatic heterocycles. The number of hydrogen-bond donors (Lipinski definition) is 0. The molecule has 0 saturated carbocycles. The van der Waals surface area contributed by atoms with E-state index in [-0.39, 0.29) is 0 Å². The van der Waals surface area contributed by atoms with E-state index in [1.807, 2.05) is 158 Å². The molecule has 0 aliphatic carbocycles. The molecule has 0 saturated heterocycles. The van der Waals surface area contributed by atoms with Gasteiger partial charge >= 0.3 is 0 Å². The Morgan fingerprint density at radius 3 is 0.964 bits per heavy atom. The summed E-state index contributed by atoms with van der Waals surface area (Å²) in [5.41, 5.74) is 7.47. The van der Waals surface area contributed by atoms with Crippen LogP contribution in [0.5, 0.6) is 11.5 Å². The first-order valence-corrected chi connectivity index (χ1v) is 18.0. The average Bonchev–Trinajstić information content (AvgIpc) is 3.28. The molecule has 0 radical (unpaired) electrons. The summed E-state index contributed by atoms with van der Waals surface area (Å²) in [6.45, 7) is 0. The first-order valence-electron chi connectivity index (χ1n) is 18.0. The summed E-state index contributed by atoms with van der Waals surface area (Å²) >= 11 is 0.